The fourth-order valence-electron chi connectivity index (χ4n) is 3.18. The average Bonchev–Trinajstić information content (AvgIpc) is 3.42. The van der Waals surface area contributed by atoms with Crippen LogP contribution in [0, 0.1) is 0 Å². The number of rotatable bonds is 7. The van der Waals surface area contributed by atoms with Gasteiger partial charge in [-0.3, -0.25) is 9.59 Å². The van der Waals surface area contributed by atoms with Gasteiger partial charge in [0.25, 0.3) is 5.91 Å². The van der Waals surface area contributed by atoms with E-state index >= 15 is 0 Å². The molecule has 0 atom stereocenters. The van der Waals surface area contributed by atoms with E-state index in [0.717, 1.165) is 5.56 Å². The van der Waals surface area contributed by atoms with Crippen LogP contribution in [0.15, 0.2) is 69.8 Å². The summed E-state index contributed by atoms with van der Waals surface area (Å²) >= 11 is 1.52. The van der Waals surface area contributed by atoms with E-state index in [1.54, 1.807) is 49.4 Å². The van der Waals surface area contributed by atoms with Crippen LogP contribution in [-0.2, 0) is 16.0 Å². The van der Waals surface area contributed by atoms with Gasteiger partial charge in [-0.15, -0.1) is 0 Å². The number of benzene rings is 2. The number of nitrogens with one attached hydrogen (secondary N) is 2. The molecule has 2 amide bonds. The molecule has 2 heterocycles. The van der Waals surface area contributed by atoms with Gasteiger partial charge in [-0.2, -0.15) is 11.3 Å². The molecule has 0 aliphatic carbocycles. The Hall–Kier alpha value is -3.91. The van der Waals surface area contributed by atoms with Crippen LogP contribution in [-0.4, -0.2) is 24.4 Å². The van der Waals surface area contributed by atoms with Gasteiger partial charge in [0.2, 0.25) is 11.7 Å². The molecule has 0 saturated heterocycles. The summed E-state index contributed by atoms with van der Waals surface area (Å²) in [7, 11) is 0. The highest BCUT2D eigenvalue weighted by atomic mass is 32.1. The fourth-order valence-corrected chi connectivity index (χ4v) is 3.85. The number of carbonyl (C=O) groups is 3. The van der Waals surface area contributed by atoms with Crippen molar-refractivity contribution in [1.29, 1.82) is 0 Å². The number of furan rings is 1. The van der Waals surface area contributed by atoms with Gasteiger partial charge in [0.05, 0.1) is 18.6 Å². The number of hydrogen-bond donors (Lipinski definition) is 2. The highest BCUT2D eigenvalue weighted by Gasteiger charge is 2.22. The molecule has 0 aliphatic heterocycles. The summed E-state index contributed by atoms with van der Waals surface area (Å²) in [5.41, 5.74) is 2.56. The molecule has 0 aliphatic rings. The predicted octanol–water partition coefficient (Wildman–Crippen LogP) is 5.10. The first kappa shape index (κ1) is 21.3. The molecule has 4 rings (SSSR count). The third kappa shape index (κ3) is 4.70. The van der Waals surface area contributed by atoms with Crippen molar-refractivity contribution in [3.8, 4) is 0 Å². The Morgan fingerprint density at radius 2 is 1.78 bits per heavy atom. The third-order valence-electron chi connectivity index (χ3n) is 4.66. The minimum Gasteiger partial charge on any atom is -0.462 e. The quantitative estimate of drug-likeness (QED) is 0.383. The predicted molar refractivity (Wildman–Crippen MR) is 123 cm³/mol. The van der Waals surface area contributed by atoms with Crippen LogP contribution in [0.25, 0.3) is 11.0 Å². The molecule has 2 N–H and O–H groups in total. The summed E-state index contributed by atoms with van der Waals surface area (Å²) in [4.78, 5) is 37.4. The van der Waals surface area contributed by atoms with Gasteiger partial charge in [0.15, 0.2) is 0 Å². The Labute approximate surface area is 188 Å². The number of hydrogen-bond acceptors (Lipinski definition) is 6. The van der Waals surface area contributed by atoms with E-state index < -0.39 is 11.9 Å². The average molecular weight is 449 g/mol. The Bertz CT molecular complexity index is 1260. The van der Waals surface area contributed by atoms with Crippen molar-refractivity contribution < 1.29 is 23.5 Å². The molecule has 162 valence electrons. The minimum atomic E-state index is -0.518. The molecule has 0 spiro atoms. The van der Waals surface area contributed by atoms with E-state index in [-0.39, 0.29) is 24.7 Å². The summed E-state index contributed by atoms with van der Waals surface area (Å²) in [6.45, 7) is 2.01. The maximum atomic E-state index is 13.0. The van der Waals surface area contributed by atoms with E-state index in [0.29, 0.717) is 27.9 Å². The standard InChI is InChI=1S/C24H20N2O5S/c1-2-30-24(29)16-7-9-17(10-8-16)25-23(28)22-21(18-5-3-4-6-19(18)31-22)26-20(27)13-15-11-12-32-14-15/h3-12,14H,2,13H2,1H3,(H,25,28)(H,26,27). The molecule has 0 bridgehead atoms. The lowest BCUT2D eigenvalue weighted by atomic mass is 10.2. The van der Waals surface area contributed by atoms with E-state index in [1.165, 1.54) is 11.3 Å². The molecule has 0 saturated carbocycles. The Kier molecular flexibility index (Phi) is 6.32. The summed E-state index contributed by atoms with van der Waals surface area (Å²) in [6, 6.07) is 15.3. The SMILES string of the molecule is CCOC(=O)c1ccc(NC(=O)c2oc3ccccc3c2NC(=O)Cc2ccsc2)cc1. The highest BCUT2D eigenvalue weighted by molar-refractivity contribution is 7.08. The molecule has 0 fully saturated rings. The van der Waals surface area contributed by atoms with Crippen LogP contribution in [0.3, 0.4) is 0 Å². The monoisotopic (exact) mass is 448 g/mol. The van der Waals surface area contributed by atoms with Crippen LogP contribution in [0.5, 0.6) is 0 Å². The van der Waals surface area contributed by atoms with Crippen molar-refractivity contribution in [2.24, 2.45) is 0 Å². The lowest BCUT2D eigenvalue weighted by Gasteiger charge is -2.08. The molecular weight excluding hydrogens is 428 g/mol. The van der Waals surface area contributed by atoms with Gasteiger partial charge >= 0.3 is 5.97 Å². The number of para-hydroxylation sites is 1. The smallest absolute Gasteiger partial charge is 0.338 e. The summed E-state index contributed by atoms with van der Waals surface area (Å²) in [5.74, 6) is -1.20. The van der Waals surface area contributed by atoms with E-state index in [1.807, 2.05) is 22.9 Å². The number of esters is 1. The second-order valence-electron chi connectivity index (χ2n) is 6.91. The van der Waals surface area contributed by atoms with Crippen LogP contribution >= 0.6 is 11.3 Å². The number of ether oxygens (including phenoxy) is 1. The van der Waals surface area contributed by atoms with Gasteiger partial charge in [-0.1, -0.05) is 12.1 Å². The van der Waals surface area contributed by atoms with Crippen molar-refractivity contribution in [2.45, 2.75) is 13.3 Å². The largest absolute Gasteiger partial charge is 0.462 e. The summed E-state index contributed by atoms with van der Waals surface area (Å²) in [6.07, 6.45) is 0.194. The van der Waals surface area contributed by atoms with Gasteiger partial charge < -0.3 is 19.8 Å². The Morgan fingerprint density at radius 3 is 2.50 bits per heavy atom. The number of carbonyl (C=O) groups excluding carboxylic acids is 3. The van der Waals surface area contributed by atoms with Crippen molar-refractivity contribution in [2.75, 3.05) is 17.2 Å². The van der Waals surface area contributed by atoms with Crippen LogP contribution in [0.4, 0.5) is 11.4 Å². The topological polar surface area (TPSA) is 97.6 Å². The van der Waals surface area contributed by atoms with Gasteiger partial charge in [0, 0.05) is 11.1 Å². The van der Waals surface area contributed by atoms with E-state index in [4.69, 9.17) is 9.15 Å². The summed E-state index contributed by atoms with van der Waals surface area (Å²) < 4.78 is 10.7. The van der Waals surface area contributed by atoms with Crippen molar-refractivity contribution in [1.82, 2.24) is 0 Å². The molecule has 8 heteroatoms. The zero-order valence-electron chi connectivity index (χ0n) is 17.2. The third-order valence-corrected chi connectivity index (χ3v) is 5.40. The second kappa shape index (κ2) is 9.49. The molecule has 4 aromatic rings. The molecule has 0 radical (unpaired) electrons. The van der Waals surface area contributed by atoms with Crippen molar-refractivity contribution in [3.05, 3.63) is 82.2 Å². The minimum absolute atomic E-state index is 0.000613. The molecular formula is C24H20N2O5S. The van der Waals surface area contributed by atoms with Crippen LogP contribution in [0.2, 0.25) is 0 Å². The van der Waals surface area contributed by atoms with Crippen LogP contribution < -0.4 is 10.6 Å². The highest BCUT2D eigenvalue weighted by Crippen LogP contribution is 2.31. The number of anilines is 2. The molecule has 32 heavy (non-hydrogen) atoms. The first-order chi connectivity index (χ1) is 15.5. The maximum Gasteiger partial charge on any atom is 0.338 e. The van der Waals surface area contributed by atoms with E-state index in [2.05, 4.69) is 10.6 Å². The van der Waals surface area contributed by atoms with Crippen LogP contribution in [0.1, 0.15) is 33.4 Å². The first-order valence-electron chi connectivity index (χ1n) is 9.96. The fraction of sp³-hybridized carbons (Fsp3) is 0.125. The van der Waals surface area contributed by atoms with Gasteiger partial charge in [0.1, 0.15) is 11.3 Å². The van der Waals surface area contributed by atoms with Gasteiger partial charge in [-0.05, 0) is 65.7 Å². The number of fused-ring (bicyclic) bond motifs is 1. The number of amides is 2. The Morgan fingerprint density at radius 1 is 1.00 bits per heavy atom. The first-order valence-corrected chi connectivity index (χ1v) is 10.9. The zero-order valence-corrected chi connectivity index (χ0v) is 18.0. The van der Waals surface area contributed by atoms with Gasteiger partial charge in [-0.25, -0.2) is 4.79 Å². The molecule has 0 unspecified atom stereocenters. The van der Waals surface area contributed by atoms with Crippen molar-refractivity contribution >= 4 is 51.5 Å². The lowest BCUT2D eigenvalue weighted by Crippen LogP contribution is -2.18. The van der Waals surface area contributed by atoms with E-state index in [9.17, 15) is 14.4 Å². The van der Waals surface area contributed by atoms with Crippen molar-refractivity contribution in [3.63, 3.8) is 0 Å². The summed E-state index contributed by atoms with van der Waals surface area (Å²) in [5, 5.41) is 10.0. The molecule has 2 aromatic heterocycles. The second-order valence-corrected chi connectivity index (χ2v) is 7.69. The normalized spacial score (nSPS) is 10.7. The molecule has 2 aromatic carbocycles. The lowest BCUT2D eigenvalue weighted by molar-refractivity contribution is -0.115. The molecule has 7 nitrogen and oxygen atoms in total. The number of thiophene rings is 1. The Balaban J connectivity index is 1.56. The zero-order chi connectivity index (χ0) is 22.5. The maximum absolute atomic E-state index is 13.0.